The van der Waals surface area contributed by atoms with Gasteiger partial charge in [-0.25, -0.2) is 0 Å². The van der Waals surface area contributed by atoms with E-state index in [1.807, 2.05) is 30.3 Å². The van der Waals surface area contributed by atoms with Crippen molar-refractivity contribution in [1.82, 2.24) is 5.32 Å². The molecule has 0 bridgehead atoms. The fourth-order valence-corrected chi connectivity index (χ4v) is 2.64. The minimum Gasteiger partial charge on any atom is -0.492 e. The molecule has 0 spiro atoms. The number of hydrogen-bond acceptors (Lipinski definition) is 4. The average molecular weight is 401 g/mol. The van der Waals surface area contributed by atoms with Gasteiger partial charge in [0.1, 0.15) is 12.4 Å². The van der Waals surface area contributed by atoms with Crippen molar-refractivity contribution >= 4 is 29.3 Å². The van der Waals surface area contributed by atoms with E-state index in [0.29, 0.717) is 30.1 Å². The van der Waals surface area contributed by atoms with Crippen LogP contribution in [0.4, 0.5) is 11.4 Å². The van der Waals surface area contributed by atoms with Gasteiger partial charge in [0.15, 0.2) is 0 Å². The molecule has 0 radical (unpaired) electrons. The number of amides is 2. The lowest BCUT2D eigenvalue weighted by Crippen LogP contribution is -2.26. The Balaban J connectivity index is 1.45. The van der Waals surface area contributed by atoms with Crippen LogP contribution in [0.3, 0.4) is 0 Å². The average Bonchev–Trinajstić information content (AvgIpc) is 2.78. The Morgan fingerprint density at radius 2 is 1.60 bits per heavy atom. The molecule has 0 saturated heterocycles. The highest BCUT2D eigenvalue weighted by molar-refractivity contribution is 6.05. The molecule has 0 aromatic heterocycles. The van der Waals surface area contributed by atoms with Crippen LogP contribution in [-0.2, 0) is 4.79 Å². The molecule has 6 heteroatoms. The van der Waals surface area contributed by atoms with Crippen LogP contribution in [0.1, 0.15) is 15.9 Å². The zero-order chi connectivity index (χ0) is 21.2. The minimum atomic E-state index is -0.250. The summed E-state index contributed by atoms with van der Waals surface area (Å²) in [5, 5.41) is 5.54. The van der Waals surface area contributed by atoms with Crippen molar-refractivity contribution in [2.45, 2.75) is 0 Å². The Hall–Kier alpha value is -4.06. The largest absolute Gasteiger partial charge is 0.492 e. The van der Waals surface area contributed by atoms with Crippen LogP contribution < -0.4 is 21.1 Å². The molecule has 0 aliphatic heterocycles. The quantitative estimate of drug-likeness (QED) is 0.305. The summed E-state index contributed by atoms with van der Waals surface area (Å²) in [6, 6.07) is 23.4. The summed E-state index contributed by atoms with van der Waals surface area (Å²) in [6.45, 7) is 0.791. The van der Waals surface area contributed by atoms with Gasteiger partial charge in [-0.2, -0.15) is 0 Å². The second-order valence-electron chi connectivity index (χ2n) is 6.45. The molecule has 4 N–H and O–H groups in total. The molecule has 152 valence electrons. The number of carbonyl (C=O) groups excluding carboxylic acids is 2. The fraction of sp³-hybridized carbons (Fsp3) is 0.0833. The highest BCUT2D eigenvalue weighted by Gasteiger charge is 2.07. The summed E-state index contributed by atoms with van der Waals surface area (Å²) in [4.78, 5) is 24.2. The van der Waals surface area contributed by atoms with Crippen molar-refractivity contribution in [2.75, 3.05) is 24.2 Å². The summed E-state index contributed by atoms with van der Waals surface area (Å²) in [6.07, 6.45) is 3.13. The standard InChI is InChI=1S/C24H23N3O3/c25-21-8-4-5-9-22(21)27-24(29)19-13-10-18(11-14-19)12-15-23(28)26-16-17-30-20-6-2-1-3-7-20/h1-15H,16-17,25H2,(H,26,28)(H,27,29)/b15-12+. The summed E-state index contributed by atoms with van der Waals surface area (Å²) in [5.41, 5.74) is 8.22. The molecule has 3 aromatic carbocycles. The van der Waals surface area contributed by atoms with E-state index in [-0.39, 0.29) is 11.8 Å². The molecule has 6 nitrogen and oxygen atoms in total. The SMILES string of the molecule is Nc1ccccc1NC(=O)c1ccc(/C=C/C(=O)NCCOc2ccccc2)cc1. The van der Waals surface area contributed by atoms with Gasteiger partial charge in [-0.05, 0) is 48.0 Å². The van der Waals surface area contributed by atoms with E-state index >= 15 is 0 Å². The van der Waals surface area contributed by atoms with E-state index < -0.39 is 0 Å². The van der Waals surface area contributed by atoms with E-state index in [1.165, 1.54) is 6.08 Å². The van der Waals surface area contributed by atoms with Crippen LogP contribution in [0.15, 0.2) is 84.9 Å². The first kappa shape index (κ1) is 20.7. The van der Waals surface area contributed by atoms with Gasteiger partial charge in [0.05, 0.1) is 17.9 Å². The Kier molecular flexibility index (Phi) is 7.22. The van der Waals surface area contributed by atoms with Gasteiger partial charge in [0.2, 0.25) is 5.91 Å². The van der Waals surface area contributed by atoms with E-state index in [0.717, 1.165) is 11.3 Å². The molecule has 0 heterocycles. The van der Waals surface area contributed by atoms with Crippen molar-refractivity contribution < 1.29 is 14.3 Å². The minimum absolute atomic E-state index is 0.215. The van der Waals surface area contributed by atoms with Crippen LogP contribution >= 0.6 is 0 Å². The van der Waals surface area contributed by atoms with Gasteiger partial charge < -0.3 is 21.1 Å². The number of ether oxygens (including phenoxy) is 1. The van der Waals surface area contributed by atoms with E-state index in [1.54, 1.807) is 54.6 Å². The summed E-state index contributed by atoms with van der Waals surface area (Å²) >= 11 is 0. The maximum Gasteiger partial charge on any atom is 0.255 e. The van der Waals surface area contributed by atoms with Crippen molar-refractivity contribution in [3.05, 3.63) is 96.1 Å². The Bertz CT molecular complexity index is 1020. The van der Waals surface area contributed by atoms with Crippen molar-refractivity contribution in [1.29, 1.82) is 0 Å². The van der Waals surface area contributed by atoms with E-state index in [9.17, 15) is 9.59 Å². The Morgan fingerprint density at radius 3 is 2.33 bits per heavy atom. The molecule has 0 fully saturated rings. The summed E-state index contributed by atoms with van der Waals surface area (Å²) in [5.74, 6) is 0.300. The molecule has 0 saturated carbocycles. The maximum atomic E-state index is 12.3. The molecule has 3 rings (SSSR count). The first-order chi connectivity index (χ1) is 14.6. The van der Waals surface area contributed by atoms with Crippen LogP contribution in [0, 0.1) is 0 Å². The molecule has 2 amide bonds. The van der Waals surface area contributed by atoms with Crippen LogP contribution in [0.25, 0.3) is 6.08 Å². The Labute approximate surface area is 175 Å². The number of anilines is 2. The zero-order valence-electron chi connectivity index (χ0n) is 16.4. The van der Waals surface area contributed by atoms with E-state index in [2.05, 4.69) is 10.6 Å². The number of benzene rings is 3. The molecule has 0 unspecified atom stereocenters. The van der Waals surface area contributed by atoms with Crippen molar-refractivity contribution in [3.63, 3.8) is 0 Å². The predicted octanol–water partition coefficient (Wildman–Crippen LogP) is 3.73. The summed E-state index contributed by atoms with van der Waals surface area (Å²) in [7, 11) is 0. The lowest BCUT2D eigenvalue weighted by atomic mass is 10.1. The van der Waals surface area contributed by atoms with Gasteiger partial charge in [-0.3, -0.25) is 9.59 Å². The third-order valence-corrected chi connectivity index (χ3v) is 4.22. The smallest absolute Gasteiger partial charge is 0.255 e. The van der Waals surface area contributed by atoms with Crippen molar-refractivity contribution in [2.24, 2.45) is 0 Å². The number of para-hydroxylation sites is 3. The second-order valence-corrected chi connectivity index (χ2v) is 6.45. The molecule has 0 atom stereocenters. The fourth-order valence-electron chi connectivity index (χ4n) is 2.64. The first-order valence-electron chi connectivity index (χ1n) is 9.51. The van der Waals surface area contributed by atoms with Gasteiger partial charge >= 0.3 is 0 Å². The number of carbonyl (C=O) groups is 2. The van der Waals surface area contributed by atoms with Crippen LogP contribution in [0.2, 0.25) is 0 Å². The zero-order valence-corrected chi connectivity index (χ0v) is 16.4. The maximum absolute atomic E-state index is 12.3. The van der Waals surface area contributed by atoms with Gasteiger partial charge in [0.25, 0.3) is 5.91 Å². The monoisotopic (exact) mass is 401 g/mol. The van der Waals surface area contributed by atoms with Crippen molar-refractivity contribution in [3.8, 4) is 5.75 Å². The third kappa shape index (κ3) is 6.24. The highest BCUT2D eigenvalue weighted by Crippen LogP contribution is 2.18. The molecular weight excluding hydrogens is 378 g/mol. The molecule has 3 aromatic rings. The topological polar surface area (TPSA) is 93.5 Å². The number of hydrogen-bond donors (Lipinski definition) is 3. The lowest BCUT2D eigenvalue weighted by Gasteiger charge is -2.08. The number of nitrogens with two attached hydrogens (primary N) is 1. The number of nitrogen functional groups attached to an aromatic ring is 1. The third-order valence-electron chi connectivity index (χ3n) is 4.22. The highest BCUT2D eigenvalue weighted by atomic mass is 16.5. The summed E-state index contributed by atoms with van der Waals surface area (Å²) < 4.78 is 5.52. The van der Waals surface area contributed by atoms with Crippen LogP contribution in [0.5, 0.6) is 5.75 Å². The van der Waals surface area contributed by atoms with Gasteiger partial charge in [-0.15, -0.1) is 0 Å². The van der Waals surface area contributed by atoms with Gasteiger partial charge in [0, 0.05) is 11.6 Å². The predicted molar refractivity (Wildman–Crippen MR) is 119 cm³/mol. The first-order valence-corrected chi connectivity index (χ1v) is 9.51. The molecule has 30 heavy (non-hydrogen) atoms. The van der Waals surface area contributed by atoms with Gasteiger partial charge in [-0.1, -0.05) is 42.5 Å². The second kappa shape index (κ2) is 10.5. The molecular formula is C24H23N3O3. The normalized spacial score (nSPS) is 10.5. The number of rotatable bonds is 8. The molecule has 0 aliphatic rings. The number of nitrogens with one attached hydrogen (secondary N) is 2. The molecule has 0 aliphatic carbocycles. The van der Waals surface area contributed by atoms with E-state index in [4.69, 9.17) is 10.5 Å². The Morgan fingerprint density at radius 1 is 0.900 bits per heavy atom. The van der Waals surface area contributed by atoms with Crippen LogP contribution in [-0.4, -0.2) is 25.0 Å². The lowest BCUT2D eigenvalue weighted by molar-refractivity contribution is -0.116.